The Morgan fingerprint density at radius 2 is 1.80 bits per heavy atom. The lowest BCUT2D eigenvalue weighted by molar-refractivity contribution is -0.137. The number of carboxylic acid groups (broad SMARTS) is 1. The lowest BCUT2D eigenvalue weighted by Crippen LogP contribution is -2.45. The summed E-state index contributed by atoms with van der Waals surface area (Å²) in [6.45, 7) is 5.67. The van der Waals surface area contributed by atoms with E-state index in [-0.39, 0.29) is 12.5 Å². The monoisotopic (exact) mass is 278 g/mol. The van der Waals surface area contributed by atoms with Crippen LogP contribution in [-0.4, -0.2) is 22.6 Å². The third kappa shape index (κ3) is 5.73. The summed E-state index contributed by atoms with van der Waals surface area (Å²) in [7, 11) is 0. The zero-order valence-electron chi connectivity index (χ0n) is 12.2. The maximum Gasteiger partial charge on any atom is 0.319 e. The van der Waals surface area contributed by atoms with E-state index in [9.17, 15) is 9.59 Å². The summed E-state index contributed by atoms with van der Waals surface area (Å²) in [4.78, 5) is 22.4. The summed E-state index contributed by atoms with van der Waals surface area (Å²) in [5, 5.41) is 14.2. The third-order valence-corrected chi connectivity index (χ3v) is 3.04. The molecule has 5 heteroatoms. The predicted octanol–water partition coefficient (Wildman–Crippen LogP) is 3.01. The molecular formula is C15H22N2O3. The van der Waals surface area contributed by atoms with Crippen molar-refractivity contribution in [3.05, 3.63) is 29.8 Å². The Labute approximate surface area is 119 Å². The summed E-state index contributed by atoms with van der Waals surface area (Å²) < 4.78 is 0. The topological polar surface area (TPSA) is 78.4 Å². The first-order valence-corrected chi connectivity index (χ1v) is 6.72. The first-order valence-electron chi connectivity index (χ1n) is 6.72. The molecule has 1 aromatic carbocycles. The van der Waals surface area contributed by atoms with Gasteiger partial charge in [-0.05, 0) is 44.4 Å². The lowest BCUT2D eigenvalue weighted by Gasteiger charge is -2.25. The standard InChI is InChI=1S/C15H22N2O3/c1-4-11-5-7-12(8-6-11)16-14(20)17-15(2,3)10-9-13(18)19/h5-8H,4,9-10H2,1-3H3,(H,18,19)(H2,16,17,20). The van der Waals surface area contributed by atoms with Crippen LogP contribution in [0.5, 0.6) is 0 Å². The average molecular weight is 278 g/mol. The van der Waals surface area contributed by atoms with Gasteiger partial charge < -0.3 is 15.7 Å². The number of aryl methyl sites for hydroxylation is 1. The number of carboxylic acids is 1. The molecule has 0 bridgehead atoms. The number of carbonyl (C=O) groups excluding carboxylic acids is 1. The van der Waals surface area contributed by atoms with Crippen LogP contribution in [0.3, 0.4) is 0 Å². The minimum absolute atomic E-state index is 0.0263. The van der Waals surface area contributed by atoms with Gasteiger partial charge in [0, 0.05) is 17.6 Å². The van der Waals surface area contributed by atoms with Gasteiger partial charge in [-0.3, -0.25) is 4.79 Å². The van der Waals surface area contributed by atoms with E-state index in [1.165, 1.54) is 5.56 Å². The van der Waals surface area contributed by atoms with Gasteiger partial charge in [0.05, 0.1) is 0 Å². The minimum atomic E-state index is -0.865. The number of amides is 2. The van der Waals surface area contributed by atoms with Crippen LogP contribution in [0.25, 0.3) is 0 Å². The second-order valence-corrected chi connectivity index (χ2v) is 5.41. The van der Waals surface area contributed by atoms with Gasteiger partial charge in [-0.15, -0.1) is 0 Å². The highest BCUT2D eigenvalue weighted by Gasteiger charge is 2.21. The van der Waals surface area contributed by atoms with E-state index in [1.54, 1.807) is 13.8 Å². The van der Waals surface area contributed by atoms with Gasteiger partial charge in [-0.25, -0.2) is 4.79 Å². The first-order chi connectivity index (χ1) is 9.32. The van der Waals surface area contributed by atoms with Crippen LogP contribution in [0.15, 0.2) is 24.3 Å². The molecule has 0 saturated heterocycles. The maximum absolute atomic E-state index is 11.9. The normalized spacial score (nSPS) is 10.9. The Morgan fingerprint density at radius 1 is 1.20 bits per heavy atom. The largest absolute Gasteiger partial charge is 0.481 e. The predicted molar refractivity (Wildman–Crippen MR) is 78.9 cm³/mol. The van der Waals surface area contributed by atoms with Gasteiger partial charge >= 0.3 is 12.0 Å². The fourth-order valence-corrected chi connectivity index (χ4v) is 1.78. The molecule has 0 atom stereocenters. The number of nitrogens with one attached hydrogen (secondary N) is 2. The second-order valence-electron chi connectivity index (χ2n) is 5.41. The Hall–Kier alpha value is -2.04. The number of anilines is 1. The van der Waals surface area contributed by atoms with Crippen molar-refractivity contribution in [1.82, 2.24) is 5.32 Å². The van der Waals surface area contributed by atoms with E-state index in [2.05, 4.69) is 17.6 Å². The van der Waals surface area contributed by atoms with Gasteiger partial charge in [0.15, 0.2) is 0 Å². The zero-order chi connectivity index (χ0) is 15.2. The molecular weight excluding hydrogens is 256 g/mol. The number of aliphatic carboxylic acids is 1. The fraction of sp³-hybridized carbons (Fsp3) is 0.467. The summed E-state index contributed by atoms with van der Waals surface area (Å²) in [6.07, 6.45) is 1.36. The summed E-state index contributed by atoms with van der Waals surface area (Å²) in [5.74, 6) is -0.865. The van der Waals surface area contributed by atoms with Crippen molar-refractivity contribution in [1.29, 1.82) is 0 Å². The molecule has 5 nitrogen and oxygen atoms in total. The quantitative estimate of drug-likeness (QED) is 0.748. The van der Waals surface area contributed by atoms with Crippen molar-refractivity contribution in [2.24, 2.45) is 0 Å². The van der Waals surface area contributed by atoms with Crippen LogP contribution in [0.1, 0.15) is 39.2 Å². The van der Waals surface area contributed by atoms with Gasteiger partial charge in [0.2, 0.25) is 0 Å². The Bertz CT molecular complexity index is 467. The molecule has 0 spiro atoms. The number of hydrogen-bond acceptors (Lipinski definition) is 2. The van der Waals surface area contributed by atoms with Crippen LogP contribution >= 0.6 is 0 Å². The Kier molecular flexibility index (Phi) is 5.55. The van der Waals surface area contributed by atoms with Crippen molar-refractivity contribution in [2.45, 2.75) is 45.6 Å². The Morgan fingerprint density at radius 3 is 2.30 bits per heavy atom. The smallest absolute Gasteiger partial charge is 0.319 e. The SMILES string of the molecule is CCc1ccc(NC(=O)NC(C)(C)CCC(=O)O)cc1. The third-order valence-electron chi connectivity index (χ3n) is 3.04. The van der Waals surface area contributed by atoms with Gasteiger partial charge in [0.1, 0.15) is 0 Å². The van der Waals surface area contributed by atoms with Crippen LogP contribution in [0, 0.1) is 0 Å². The van der Waals surface area contributed by atoms with E-state index in [0.29, 0.717) is 12.1 Å². The van der Waals surface area contributed by atoms with E-state index in [0.717, 1.165) is 6.42 Å². The van der Waals surface area contributed by atoms with Gasteiger partial charge in [-0.1, -0.05) is 19.1 Å². The van der Waals surface area contributed by atoms with Crippen LogP contribution in [0.4, 0.5) is 10.5 Å². The zero-order valence-corrected chi connectivity index (χ0v) is 12.2. The van der Waals surface area contributed by atoms with Crippen molar-refractivity contribution in [3.63, 3.8) is 0 Å². The van der Waals surface area contributed by atoms with Crippen LogP contribution < -0.4 is 10.6 Å². The molecule has 0 unspecified atom stereocenters. The molecule has 20 heavy (non-hydrogen) atoms. The maximum atomic E-state index is 11.9. The molecule has 0 heterocycles. The number of hydrogen-bond donors (Lipinski definition) is 3. The van der Waals surface area contributed by atoms with Gasteiger partial charge in [0.25, 0.3) is 0 Å². The van der Waals surface area contributed by atoms with Crippen LogP contribution in [0.2, 0.25) is 0 Å². The molecule has 2 amide bonds. The minimum Gasteiger partial charge on any atom is -0.481 e. The van der Waals surface area contributed by atoms with Crippen molar-refractivity contribution in [3.8, 4) is 0 Å². The molecule has 0 fully saturated rings. The molecule has 3 N–H and O–H groups in total. The van der Waals surface area contributed by atoms with Crippen molar-refractivity contribution in [2.75, 3.05) is 5.32 Å². The number of rotatable bonds is 6. The fourth-order valence-electron chi connectivity index (χ4n) is 1.78. The number of carbonyl (C=O) groups is 2. The highest BCUT2D eigenvalue weighted by molar-refractivity contribution is 5.89. The van der Waals surface area contributed by atoms with E-state index < -0.39 is 11.5 Å². The molecule has 0 aliphatic carbocycles. The van der Waals surface area contributed by atoms with E-state index >= 15 is 0 Å². The first kappa shape index (κ1) is 16.0. The lowest BCUT2D eigenvalue weighted by atomic mass is 9.99. The number of urea groups is 1. The molecule has 0 radical (unpaired) electrons. The molecule has 0 aromatic heterocycles. The molecule has 110 valence electrons. The molecule has 0 aliphatic heterocycles. The summed E-state index contributed by atoms with van der Waals surface area (Å²) in [6, 6.07) is 7.30. The molecule has 0 aliphatic rings. The molecule has 1 rings (SSSR count). The highest BCUT2D eigenvalue weighted by atomic mass is 16.4. The second kappa shape index (κ2) is 6.93. The van der Waals surface area contributed by atoms with Crippen molar-refractivity contribution < 1.29 is 14.7 Å². The molecule has 1 aromatic rings. The van der Waals surface area contributed by atoms with Crippen LogP contribution in [-0.2, 0) is 11.2 Å². The van der Waals surface area contributed by atoms with Gasteiger partial charge in [-0.2, -0.15) is 0 Å². The number of benzene rings is 1. The van der Waals surface area contributed by atoms with E-state index in [1.807, 2.05) is 24.3 Å². The molecule has 0 saturated carbocycles. The summed E-state index contributed by atoms with van der Waals surface area (Å²) in [5.41, 5.74) is 1.36. The summed E-state index contributed by atoms with van der Waals surface area (Å²) >= 11 is 0. The Balaban J connectivity index is 2.51. The van der Waals surface area contributed by atoms with E-state index in [4.69, 9.17) is 5.11 Å². The van der Waals surface area contributed by atoms with Crippen molar-refractivity contribution >= 4 is 17.7 Å². The highest BCUT2D eigenvalue weighted by Crippen LogP contribution is 2.13. The average Bonchev–Trinajstić information content (AvgIpc) is 2.37.